The second-order valence-corrected chi connectivity index (χ2v) is 8.52. The SMILES string of the molecule is Cl.O=C(Nc1ccc2cc1CCc1cccc(c1)Nc1ncc(Cl)c(n1)N2)c1cccc(Cl)c1. The summed E-state index contributed by atoms with van der Waals surface area (Å²) in [6, 6.07) is 20.7. The number of aryl methyl sites for hydroxylation is 2. The molecule has 1 aliphatic rings. The highest BCUT2D eigenvalue weighted by molar-refractivity contribution is 6.33. The van der Waals surface area contributed by atoms with Crippen LogP contribution in [0.25, 0.3) is 0 Å². The Bertz CT molecular complexity index is 1360. The van der Waals surface area contributed by atoms with Gasteiger partial charge in [0.25, 0.3) is 5.91 Å². The van der Waals surface area contributed by atoms with Gasteiger partial charge in [0.05, 0.1) is 6.20 Å². The van der Waals surface area contributed by atoms with Gasteiger partial charge in [-0.15, -0.1) is 12.4 Å². The molecule has 9 heteroatoms. The van der Waals surface area contributed by atoms with Crippen molar-refractivity contribution in [1.82, 2.24) is 9.97 Å². The molecule has 5 rings (SSSR count). The number of halogens is 3. The van der Waals surface area contributed by atoms with E-state index >= 15 is 0 Å². The highest BCUT2D eigenvalue weighted by Crippen LogP contribution is 2.29. The van der Waals surface area contributed by atoms with Crippen LogP contribution >= 0.6 is 35.6 Å². The number of hydrogen-bond donors (Lipinski definition) is 3. The van der Waals surface area contributed by atoms with Gasteiger partial charge in [0.15, 0.2) is 5.82 Å². The summed E-state index contributed by atoms with van der Waals surface area (Å²) in [6.07, 6.45) is 3.07. The van der Waals surface area contributed by atoms with Gasteiger partial charge in [-0.2, -0.15) is 4.98 Å². The number of nitrogens with zero attached hydrogens (tertiary/aromatic N) is 2. The van der Waals surface area contributed by atoms with E-state index < -0.39 is 0 Å². The van der Waals surface area contributed by atoms with Gasteiger partial charge in [0, 0.05) is 27.6 Å². The van der Waals surface area contributed by atoms with Crippen molar-refractivity contribution in [3.05, 3.63) is 99.7 Å². The average molecular weight is 513 g/mol. The van der Waals surface area contributed by atoms with E-state index in [1.807, 2.05) is 30.3 Å². The molecule has 0 spiro atoms. The zero-order valence-electron chi connectivity index (χ0n) is 17.8. The number of nitrogens with one attached hydrogen (secondary N) is 3. The molecule has 3 N–H and O–H groups in total. The molecular weight excluding hydrogens is 493 g/mol. The summed E-state index contributed by atoms with van der Waals surface area (Å²) in [4.78, 5) is 21.6. The Morgan fingerprint density at radius 1 is 0.912 bits per heavy atom. The van der Waals surface area contributed by atoms with E-state index in [4.69, 9.17) is 23.2 Å². The van der Waals surface area contributed by atoms with E-state index in [0.717, 1.165) is 41.0 Å². The van der Waals surface area contributed by atoms with Gasteiger partial charge in [0.2, 0.25) is 5.95 Å². The maximum atomic E-state index is 12.8. The molecule has 0 radical (unpaired) electrons. The molecule has 6 bridgehead atoms. The number of benzene rings is 3. The topological polar surface area (TPSA) is 78.9 Å². The maximum Gasteiger partial charge on any atom is 0.255 e. The number of carbonyl (C=O) groups is 1. The van der Waals surface area contributed by atoms with Crippen LogP contribution in [0.4, 0.5) is 28.8 Å². The summed E-state index contributed by atoms with van der Waals surface area (Å²) in [5, 5.41) is 10.4. The van der Waals surface area contributed by atoms with Crippen LogP contribution in [0.5, 0.6) is 0 Å². The van der Waals surface area contributed by atoms with Crippen LogP contribution in [-0.2, 0) is 12.8 Å². The predicted molar refractivity (Wildman–Crippen MR) is 141 cm³/mol. The highest BCUT2D eigenvalue weighted by Gasteiger charge is 2.13. The zero-order chi connectivity index (χ0) is 22.8. The number of anilines is 5. The second kappa shape index (κ2) is 10.3. The third kappa shape index (κ3) is 5.42. The fourth-order valence-electron chi connectivity index (χ4n) is 3.69. The first-order chi connectivity index (χ1) is 16.0. The summed E-state index contributed by atoms with van der Waals surface area (Å²) in [5.41, 5.74) is 5.08. The van der Waals surface area contributed by atoms with Gasteiger partial charge in [0.1, 0.15) is 5.02 Å². The number of fused-ring (bicyclic) bond motifs is 6. The molecule has 1 amide bonds. The fraction of sp³-hybridized carbons (Fsp3) is 0.0800. The minimum atomic E-state index is -0.216. The molecule has 1 aromatic heterocycles. The Morgan fingerprint density at radius 2 is 1.74 bits per heavy atom. The Morgan fingerprint density at radius 3 is 2.59 bits per heavy atom. The van der Waals surface area contributed by atoms with Crippen LogP contribution < -0.4 is 16.0 Å². The third-order valence-electron chi connectivity index (χ3n) is 5.31. The largest absolute Gasteiger partial charge is 0.339 e. The van der Waals surface area contributed by atoms with Crippen LogP contribution in [0.3, 0.4) is 0 Å². The van der Waals surface area contributed by atoms with Gasteiger partial charge < -0.3 is 16.0 Å². The Kier molecular flexibility index (Phi) is 7.22. The van der Waals surface area contributed by atoms with Crippen LogP contribution in [0.15, 0.2) is 72.9 Å². The quantitative estimate of drug-likeness (QED) is 0.268. The monoisotopic (exact) mass is 511 g/mol. The molecule has 0 atom stereocenters. The lowest BCUT2D eigenvalue weighted by molar-refractivity contribution is 0.102. The van der Waals surface area contributed by atoms with Crippen LogP contribution in [0.1, 0.15) is 21.5 Å². The van der Waals surface area contributed by atoms with E-state index in [2.05, 4.69) is 38.1 Å². The summed E-state index contributed by atoms with van der Waals surface area (Å²) < 4.78 is 0. The number of aromatic nitrogens is 2. The molecule has 0 aliphatic carbocycles. The lowest BCUT2D eigenvalue weighted by Gasteiger charge is -2.15. The summed E-state index contributed by atoms with van der Waals surface area (Å²) in [7, 11) is 0. The van der Waals surface area contributed by atoms with Crippen molar-refractivity contribution in [2.75, 3.05) is 16.0 Å². The van der Waals surface area contributed by atoms with Crippen molar-refractivity contribution < 1.29 is 4.79 Å². The fourth-order valence-corrected chi connectivity index (χ4v) is 4.02. The van der Waals surface area contributed by atoms with Crippen molar-refractivity contribution in [3.8, 4) is 0 Å². The second-order valence-electron chi connectivity index (χ2n) is 7.68. The standard InChI is InChI=1S/C25H19Cl2N5O.ClH/c26-18-5-2-4-17(12-18)24(33)31-22-10-9-20-13-16(22)8-7-15-3-1-6-19(11-15)30-25-28-14-21(27)23(29-20)32-25;/h1-6,9-14H,7-8H2,(H,31,33)(H2,28,29,30,32);1H. The molecule has 172 valence electrons. The zero-order valence-corrected chi connectivity index (χ0v) is 20.1. The first-order valence-electron chi connectivity index (χ1n) is 10.4. The Balaban J connectivity index is 0.00000274. The first-order valence-corrected chi connectivity index (χ1v) is 11.1. The molecular formula is C25H20Cl3N5O. The molecule has 0 fully saturated rings. The molecule has 6 nitrogen and oxygen atoms in total. The smallest absolute Gasteiger partial charge is 0.255 e. The molecule has 2 heterocycles. The summed E-state index contributed by atoms with van der Waals surface area (Å²) in [5.74, 6) is 0.724. The van der Waals surface area contributed by atoms with Gasteiger partial charge in [-0.3, -0.25) is 4.79 Å². The van der Waals surface area contributed by atoms with Crippen LogP contribution in [-0.4, -0.2) is 15.9 Å². The van der Waals surface area contributed by atoms with Gasteiger partial charge in [-0.1, -0.05) is 41.4 Å². The lowest BCUT2D eigenvalue weighted by atomic mass is 10.0. The Hall–Kier alpha value is -3.32. The van der Waals surface area contributed by atoms with E-state index in [1.165, 1.54) is 0 Å². The van der Waals surface area contributed by atoms with E-state index in [0.29, 0.717) is 27.4 Å². The summed E-state index contributed by atoms with van der Waals surface area (Å²) >= 11 is 12.4. The molecule has 34 heavy (non-hydrogen) atoms. The van der Waals surface area contributed by atoms with Crippen molar-refractivity contribution in [1.29, 1.82) is 0 Å². The Labute approximate surface area is 213 Å². The van der Waals surface area contributed by atoms with Crippen molar-refractivity contribution in [2.45, 2.75) is 12.8 Å². The minimum Gasteiger partial charge on any atom is -0.339 e. The van der Waals surface area contributed by atoms with Crippen molar-refractivity contribution >= 4 is 70.3 Å². The van der Waals surface area contributed by atoms with Crippen LogP contribution in [0, 0.1) is 0 Å². The summed E-state index contributed by atoms with van der Waals surface area (Å²) in [6.45, 7) is 0. The normalized spacial score (nSPS) is 11.9. The molecule has 0 unspecified atom stereocenters. The van der Waals surface area contributed by atoms with Crippen molar-refractivity contribution in [2.24, 2.45) is 0 Å². The van der Waals surface area contributed by atoms with E-state index in [9.17, 15) is 4.79 Å². The van der Waals surface area contributed by atoms with Crippen LogP contribution in [0.2, 0.25) is 10.0 Å². The number of rotatable bonds is 2. The predicted octanol–water partition coefficient (Wildman–Crippen LogP) is 7.04. The molecule has 0 saturated carbocycles. The van der Waals surface area contributed by atoms with Gasteiger partial charge in [-0.05, 0) is 72.5 Å². The van der Waals surface area contributed by atoms with E-state index in [-0.39, 0.29) is 18.3 Å². The highest BCUT2D eigenvalue weighted by atomic mass is 35.5. The number of carbonyl (C=O) groups excluding carboxylic acids is 1. The molecule has 4 aromatic rings. The molecule has 3 aromatic carbocycles. The van der Waals surface area contributed by atoms with Gasteiger partial charge >= 0.3 is 0 Å². The number of hydrogen-bond acceptors (Lipinski definition) is 5. The average Bonchev–Trinajstić information content (AvgIpc) is 2.81. The maximum absolute atomic E-state index is 12.8. The van der Waals surface area contributed by atoms with Crippen molar-refractivity contribution in [3.63, 3.8) is 0 Å². The van der Waals surface area contributed by atoms with Gasteiger partial charge in [-0.25, -0.2) is 4.98 Å². The minimum absolute atomic E-state index is 0. The molecule has 1 aliphatic heterocycles. The third-order valence-corrected chi connectivity index (χ3v) is 5.82. The number of amides is 1. The first kappa shape index (κ1) is 23.8. The van der Waals surface area contributed by atoms with E-state index in [1.54, 1.807) is 30.5 Å². The lowest BCUT2D eigenvalue weighted by Crippen LogP contribution is -2.13. The molecule has 0 saturated heterocycles.